The van der Waals surface area contributed by atoms with Crippen LogP contribution in [-0.2, 0) is 11.2 Å². The van der Waals surface area contributed by atoms with Gasteiger partial charge in [0.05, 0.1) is 24.3 Å². The molecule has 1 fully saturated rings. The zero-order valence-corrected chi connectivity index (χ0v) is 16.0. The monoisotopic (exact) mass is 374 g/mol. The lowest BCUT2D eigenvalue weighted by Crippen LogP contribution is -2.37. The molecule has 1 N–H and O–H groups in total. The van der Waals surface area contributed by atoms with Crippen molar-refractivity contribution in [1.82, 2.24) is 20.0 Å². The van der Waals surface area contributed by atoms with Crippen molar-refractivity contribution >= 4 is 5.91 Å². The molecule has 1 atom stereocenters. The maximum atomic E-state index is 12.7. The van der Waals surface area contributed by atoms with Crippen LogP contribution >= 0.6 is 0 Å². The van der Waals surface area contributed by atoms with Gasteiger partial charge in [-0.25, -0.2) is 4.68 Å². The van der Waals surface area contributed by atoms with E-state index in [2.05, 4.69) is 27.4 Å². The third kappa shape index (κ3) is 4.67. The molecule has 3 aromatic rings. The Bertz CT molecular complexity index is 885. The lowest BCUT2D eigenvalue weighted by atomic mass is 10.1. The first kappa shape index (κ1) is 18.4. The normalized spacial score (nSPS) is 15.4. The van der Waals surface area contributed by atoms with Gasteiger partial charge in [-0.05, 0) is 49.2 Å². The Hall–Kier alpha value is -2.92. The van der Waals surface area contributed by atoms with Crippen molar-refractivity contribution in [2.75, 3.05) is 19.6 Å². The van der Waals surface area contributed by atoms with Crippen LogP contribution in [0.15, 0.2) is 73.1 Å². The molecule has 1 amide bonds. The number of carbonyl (C=O) groups is 1. The fourth-order valence-electron chi connectivity index (χ4n) is 3.75. The Kier molecular flexibility index (Phi) is 5.83. The number of amides is 1. The van der Waals surface area contributed by atoms with E-state index < -0.39 is 0 Å². The first-order chi connectivity index (χ1) is 13.8. The van der Waals surface area contributed by atoms with Crippen molar-refractivity contribution < 1.29 is 4.79 Å². The highest BCUT2D eigenvalue weighted by Gasteiger charge is 2.21. The van der Waals surface area contributed by atoms with Crippen LogP contribution in [0.5, 0.6) is 0 Å². The standard InChI is InChI=1S/C23H26N4O/c28-23(15-19-16-24-27(17-19)21-11-5-2-6-12-21)25-22(18-26-13-7-8-14-26)20-9-3-1-4-10-20/h1-6,9-12,16-17,22H,7-8,13-15,18H2,(H,25,28). The number of nitrogens with zero attached hydrogens (tertiary/aromatic N) is 3. The number of nitrogens with one attached hydrogen (secondary N) is 1. The third-order valence-electron chi connectivity index (χ3n) is 5.20. The van der Waals surface area contributed by atoms with Gasteiger partial charge in [-0.15, -0.1) is 0 Å². The summed E-state index contributed by atoms with van der Waals surface area (Å²) in [6, 6.07) is 20.2. The Morgan fingerprint density at radius 2 is 1.68 bits per heavy atom. The van der Waals surface area contributed by atoms with E-state index in [0.717, 1.165) is 36.4 Å². The van der Waals surface area contributed by atoms with Crippen LogP contribution < -0.4 is 5.32 Å². The van der Waals surface area contributed by atoms with Crippen LogP contribution in [0.1, 0.15) is 30.0 Å². The zero-order chi connectivity index (χ0) is 19.2. The maximum Gasteiger partial charge on any atom is 0.225 e. The predicted octanol–water partition coefficient (Wildman–Crippen LogP) is 3.37. The molecule has 1 saturated heterocycles. The second kappa shape index (κ2) is 8.85. The minimum atomic E-state index is 0.0102. The molecule has 1 aliphatic rings. The molecule has 144 valence electrons. The van der Waals surface area contributed by atoms with E-state index in [1.807, 2.05) is 59.4 Å². The highest BCUT2D eigenvalue weighted by molar-refractivity contribution is 5.79. The molecule has 1 aromatic heterocycles. The fraction of sp³-hybridized carbons (Fsp3) is 0.304. The largest absolute Gasteiger partial charge is 0.348 e. The number of hydrogen-bond acceptors (Lipinski definition) is 3. The topological polar surface area (TPSA) is 50.2 Å². The first-order valence-corrected chi connectivity index (χ1v) is 9.93. The lowest BCUT2D eigenvalue weighted by molar-refractivity contribution is -0.121. The molecule has 5 nitrogen and oxygen atoms in total. The van der Waals surface area contributed by atoms with E-state index in [1.165, 1.54) is 12.8 Å². The van der Waals surface area contributed by atoms with Gasteiger partial charge in [-0.1, -0.05) is 48.5 Å². The smallest absolute Gasteiger partial charge is 0.225 e. The van der Waals surface area contributed by atoms with Gasteiger partial charge in [0, 0.05) is 12.7 Å². The van der Waals surface area contributed by atoms with Gasteiger partial charge >= 0.3 is 0 Å². The molecule has 28 heavy (non-hydrogen) atoms. The maximum absolute atomic E-state index is 12.7. The molecule has 4 rings (SSSR count). The predicted molar refractivity (Wildman–Crippen MR) is 110 cm³/mol. The lowest BCUT2D eigenvalue weighted by Gasteiger charge is -2.25. The van der Waals surface area contributed by atoms with Gasteiger partial charge in [0.25, 0.3) is 0 Å². The van der Waals surface area contributed by atoms with Crippen molar-refractivity contribution in [2.45, 2.75) is 25.3 Å². The Labute approximate surface area is 166 Å². The summed E-state index contributed by atoms with van der Waals surface area (Å²) in [6.07, 6.45) is 6.51. The van der Waals surface area contributed by atoms with Gasteiger partial charge in [0.2, 0.25) is 5.91 Å². The number of aromatic nitrogens is 2. The van der Waals surface area contributed by atoms with E-state index in [0.29, 0.717) is 6.42 Å². The van der Waals surface area contributed by atoms with Crippen molar-refractivity contribution in [3.05, 3.63) is 84.2 Å². The summed E-state index contributed by atoms with van der Waals surface area (Å²) in [7, 11) is 0. The van der Waals surface area contributed by atoms with Gasteiger partial charge in [-0.2, -0.15) is 5.10 Å². The molecule has 0 bridgehead atoms. The highest BCUT2D eigenvalue weighted by Crippen LogP contribution is 2.18. The van der Waals surface area contributed by atoms with Gasteiger partial charge in [-0.3, -0.25) is 4.79 Å². The average molecular weight is 374 g/mol. The number of likely N-dealkylation sites (tertiary alicyclic amines) is 1. The molecule has 0 radical (unpaired) electrons. The van der Waals surface area contributed by atoms with E-state index in [4.69, 9.17) is 0 Å². The molecule has 2 aromatic carbocycles. The fourth-order valence-corrected chi connectivity index (χ4v) is 3.75. The Balaban J connectivity index is 1.42. The summed E-state index contributed by atoms with van der Waals surface area (Å²) in [5.74, 6) is 0.0284. The molecule has 2 heterocycles. The molecule has 5 heteroatoms. The van der Waals surface area contributed by atoms with Crippen molar-refractivity contribution in [2.24, 2.45) is 0 Å². The molecule has 0 aliphatic carbocycles. The summed E-state index contributed by atoms with van der Waals surface area (Å²) in [6.45, 7) is 3.09. The van der Waals surface area contributed by atoms with Gasteiger partial charge in [0.1, 0.15) is 0 Å². The van der Waals surface area contributed by atoms with Crippen LogP contribution in [0.2, 0.25) is 0 Å². The van der Waals surface area contributed by atoms with Crippen molar-refractivity contribution in [3.8, 4) is 5.69 Å². The first-order valence-electron chi connectivity index (χ1n) is 9.93. The summed E-state index contributed by atoms with van der Waals surface area (Å²) in [4.78, 5) is 15.2. The van der Waals surface area contributed by atoms with E-state index in [1.54, 1.807) is 6.20 Å². The summed E-state index contributed by atoms with van der Waals surface area (Å²) in [5, 5.41) is 7.63. The molecule has 0 spiro atoms. The molecule has 1 aliphatic heterocycles. The van der Waals surface area contributed by atoms with Gasteiger partial charge < -0.3 is 10.2 Å². The summed E-state index contributed by atoms with van der Waals surface area (Å²) >= 11 is 0. The van der Waals surface area contributed by atoms with E-state index >= 15 is 0 Å². The minimum Gasteiger partial charge on any atom is -0.348 e. The van der Waals surface area contributed by atoms with Crippen molar-refractivity contribution in [1.29, 1.82) is 0 Å². The van der Waals surface area contributed by atoms with Crippen LogP contribution in [0.25, 0.3) is 5.69 Å². The third-order valence-corrected chi connectivity index (χ3v) is 5.20. The zero-order valence-electron chi connectivity index (χ0n) is 16.0. The Morgan fingerprint density at radius 3 is 2.39 bits per heavy atom. The second-order valence-electron chi connectivity index (χ2n) is 7.34. The number of rotatable bonds is 7. The Morgan fingerprint density at radius 1 is 1.00 bits per heavy atom. The van der Waals surface area contributed by atoms with E-state index in [9.17, 15) is 4.79 Å². The summed E-state index contributed by atoms with van der Waals surface area (Å²) < 4.78 is 1.81. The minimum absolute atomic E-state index is 0.0102. The summed E-state index contributed by atoms with van der Waals surface area (Å²) in [5.41, 5.74) is 3.06. The molecular formula is C23H26N4O. The SMILES string of the molecule is O=C(Cc1cnn(-c2ccccc2)c1)NC(CN1CCCC1)c1ccccc1. The second-order valence-corrected chi connectivity index (χ2v) is 7.34. The molecule has 0 saturated carbocycles. The number of benzene rings is 2. The number of hydrogen-bond donors (Lipinski definition) is 1. The average Bonchev–Trinajstić information content (AvgIpc) is 3.41. The van der Waals surface area contributed by atoms with E-state index in [-0.39, 0.29) is 11.9 Å². The van der Waals surface area contributed by atoms with Gasteiger partial charge in [0.15, 0.2) is 0 Å². The number of para-hydroxylation sites is 1. The molecular weight excluding hydrogens is 348 g/mol. The van der Waals surface area contributed by atoms with Crippen LogP contribution in [0.3, 0.4) is 0 Å². The van der Waals surface area contributed by atoms with Crippen LogP contribution in [0.4, 0.5) is 0 Å². The van der Waals surface area contributed by atoms with Crippen LogP contribution in [-0.4, -0.2) is 40.2 Å². The quantitative estimate of drug-likeness (QED) is 0.690. The van der Waals surface area contributed by atoms with Crippen molar-refractivity contribution in [3.63, 3.8) is 0 Å². The van der Waals surface area contributed by atoms with Crippen LogP contribution in [0, 0.1) is 0 Å². The molecule has 1 unspecified atom stereocenters. The number of carbonyl (C=O) groups excluding carboxylic acids is 1. The highest BCUT2D eigenvalue weighted by atomic mass is 16.1.